The first-order valence-electron chi connectivity index (χ1n) is 7.47. The van der Waals surface area contributed by atoms with Crippen LogP contribution in [0.1, 0.15) is 12.8 Å². The van der Waals surface area contributed by atoms with Crippen LogP contribution < -0.4 is 9.57 Å². The molecule has 0 radical (unpaired) electrons. The second-order valence-electron chi connectivity index (χ2n) is 5.54. The number of ether oxygens (including phenoxy) is 1. The lowest BCUT2D eigenvalue weighted by molar-refractivity contribution is -0.996. The van der Waals surface area contributed by atoms with Crippen LogP contribution in [0.3, 0.4) is 0 Å². The van der Waals surface area contributed by atoms with Gasteiger partial charge in [0.15, 0.2) is 0 Å². The Kier molecular flexibility index (Phi) is 4.59. The van der Waals surface area contributed by atoms with Gasteiger partial charge in [-0.15, -0.1) is 0 Å². The van der Waals surface area contributed by atoms with Gasteiger partial charge in [-0.1, -0.05) is 0 Å². The third-order valence-electron chi connectivity index (χ3n) is 3.71. The van der Waals surface area contributed by atoms with E-state index in [1.807, 2.05) is 0 Å². The Morgan fingerprint density at radius 3 is 1.88 bits per heavy atom. The predicted octanol–water partition coefficient (Wildman–Crippen LogP) is 1.86. The summed E-state index contributed by atoms with van der Waals surface area (Å²) in [5, 5.41) is 9.99. The molecule has 0 unspecified atom stereocenters. The lowest BCUT2D eigenvalue weighted by Gasteiger charge is -2.18. The smallest absolute Gasteiger partial charge is 0.374 e. The number of carbonyl (C=O) groups is 2. The van der Waals surface area contributed by atoms with Crippen LogP contribution in [0.15, 0.2) is 53.4 Å². The third kappa shape index (κ3) is 3.48. The number of hydrogen-bond donors (Lipinski definition) is 2. The van der Waals surface area contributed by atoms with Crippen LogP contribution in [0.25, 0.3) is 0 Å². The molecule has 8 nitrogen and oxygen atoms in total. The minimum atomic E-state index is -4.34. The molecule has 0 saturated carbocycles. The van der Waals surface area contributed by atoms with E-state index in [9.17, 15) is 27.6 Å². The number of benzene rings is 2. The molecule has 1 heterocycles. The van der Waals surface area contributed by atoms with E-state index in [1.165, 1.54) is 48.5 Å². The maximum atomic E-state index is 12.9. The van der Waals surface area contributed by atoms with Crippen molar-refractivity contribution in [1.82, 2.24) is 4.83 Å². The first-order valence-corrected chi connectivity index (χ1v) is 8.95. The molecule has 1 aliphatic rings. The monoisotopic (exact) mass is 381 g/mol. The molecular formula is C16H14FN2O6S+. The number of hydrogen-bond acceptors (Lipinski definition) is 6. The van der Waals surface area contributed by atoms with E-state index in [0.29, 0.717) is 5.75 Å². The van der Waals surface area contributed by atoms with Crippen molar-refractivity contribution in [3.63, 3.8) is 0 Å². The summed E-state index contributed by atoms with van der Waals surface area (Å²) in [5.41, 5.74) is 0. The first kappa shape index (κ1) is 18.1. The highest BCUT2D eigenvalue weighted by Crippen LogP contribution is 2.24. The molecule has 1 saturated heterocycles. The highest BCUT2D eigenvalue weighted by Gasteiger charge is 2.53. The topological polar surface area (TPSA) is 110 Å². The zero-order valence-corrected chi connectivity index (χ0v) is 14.1. The van der Waals surface area contributed by atoms with Crippen LogP contribution in [-0.4, -0.2) is 30.2 Å². The van der Waals surface area contributed by atoms with Gasteiger partial charge in [-0.3, -0.25) is 0 Å². The fourth-order valence-corrected chi connectivity index (χ4v) is 3.48. The molecule has 1 fully saturated rings. The van der Waals surface area contributed by atoms with Crippen molar-refractivity contribution < 1.29 is 37.1 Å². The third-order valence-corrected chi connectivity index (χ3v) is 5.11. The molecule has 0 aromatic heterocycles. The van der Waals surface area contributed by atoms with Gasteiger partial charge in [-0.05, 0) is 53.4 Å². The summed E-state index contributed by atoms with van der Waals surface area (Å²) in [6.45, 7) is 0. The molecule has 26 heavy (non-hydrogen) atoms. The number of amides is 2. The molecule has 0 aliphatic carbocycles. The first-order chi connectivity index (χ1) is 12.2. The highest BCUT2D eigenvalue weighted by atomic mass is 32.2. The summed E-state index contributed by atoms with van der Waals surface area (Å²) >= 11 is 0. The number of hydroxylamine groups is 2. The number of quaternary nitrogens is 1. The zero-order chi connectivity index (χ0) is 18.9. The van der Waals surface area contributed by atoms with E-state index in [0.717, 1.165) is 0 Å². The summed E-state index contributed by atoms with van der Waals surface area (Å²) in [6.07, 6.45) is -0.495. The van der Waals surface area contributed by atoms with Crippen molar-refractivity contribution in [2.24, 2.45) is 0 Å². The van der Waals surface area contributed by atoms with Crippen molar-refractivity contribution in [3.05, 3.63) is 54.3 Å². The fourth-order valence-electron chi connectivity index (χ4n) is 2.33. The van der Waals surface area contributed by atoms with Crippen LogP contribution in [0.2, 0.25) is 0 Å². The van der Waals surface area contributed by atoms with Gasteiger partial charge in [0.25, 0.3) is 10.0 Å². The Labute approximate surface area is 148 Å². The van der Waals surface area contributed by atoms with Crippen molar-refractivity contribution >= 4 is 21.8 Å². The van der Waals surface area contributed by atoms with E-state index in [4.69, 9.17) is 4.74 Å². The predicted molar refractivity (Wildman–Crippen MR) is 84.5 cm³/mol. The van der Waals surface area contributed by atoms with Gasteiger partial charge in [-0.25, -0.2) is 22.4 Å². The number of halogens is 1. The van der Waals surface area contributed by atoms with Gasteiger partial charge in [0, 0.05) is 4.76 Å². The quantitative estimate of drug-likeness (QED) is 0.465. The SMILES string of the molecule is O=C1CCC(=O)[N+]1(O)NS(=O)(=O)c1ccc(Oc2ccc(F)cc2)cc1. The zero-order valence-electron chi connectivity index (χ0n) is 13.3. The summed E-state index contributed by atoms with van der Waals surface area (Å²) in [5.74, 6) is -1.67. The van der Waals surface area contributed by atoms with E-state index in [1.54, 1.807) is 4.83 Å². The molecule has 3 rings (SSSR count). The molecular weight excluding hydrogens is 367 g/mol. The Balaban J connectivity index is 1.78. The van der Waals surface area contributed by atoms with Crippen LogP contribution in [-0.2, 0) is 19.6 Å². The molecule has 136 valence electrons. The average molecular weight is 381 g/mol. The number of sulfonamides is 1. The van der Waals surface area contributed by atoms with Gasteiger partial charge >= 0.3 is 11.8 Å². The molecule has 10 heteroatoms. The minimum absolute atomic E-state index is 0.248. The Morgan fingerprint density at radius 1 is 0.923 bits per heavy atom. The molecule has 2 aromatic carbocycles. The number of nitrogens with one attached hydrogen (secondary N) is 1. The largest absolute Gasteiger partial charge is 0.457 e. The van der Waals surface area contributed by atoms with Gasteiger partial charge in [-0.2, -0.15) is 5.21 Å². The average Bonchev–Trinajstić information content (AvgIpc) is 2.84. The molecule has 2 N–H and O–H groups in total. The van der Waals surface area contributed by atoms with Crippen molar-refractivity contribution in [3.8, 4) is 11.5 Å². The molecule has 0 spiro atoms. The van der Waals surface area contributed by atoms with E-state index in [2.05, 4.69) is 0 Å². The van der Waals surface area contributed by atoms with Gasteiger partial charge in [0.1, 0.15) is 17.3 Å². The molecule has 0 bridgehead atoms. The molecule has 0 atom stereocenters. The van der Waals surface area contributed by atoms with Crippen molar-refractivity contribution in [2.75, 3.05) is 0 Å². The maximum Gasteiger partial charge on any atom is 0.374 e. The summed E-state index contributed by atoms with van der Waals surface area (Å²) in [6, 6.07) is 10.3. The lowest BCUT2D eigenvalue weighted by atomic mass is 10.3. The second kappa shape index (κ2) is 6.57. The van der Waals surface area contributed by atoms with Gasteiger partial charge in [0.2, 0.25) is 0 Å². The summed E-state index contributed by atoms with van der Waals surface area (Å²) < 4.78 is 41.0. The fraction of sp³-hybridized carbons (Fsp3) is 0.125. The Morgan fingerprint density at radius 2 is 1.38 bits per heavy atom. The number of carbonyl (C=O) groups excluding carboxylic acids is 2. The molecule has 2 amide bonds. The molecule has 2 aromatic rings. The lowest BCUT2D eigenvalue weighted by Crippen LogP contribution is -2.61. The number of imide groups is 1. The summed E-state index contributed by atoms with van der Waals surface area (Å²) in [4.78, 5) is 24.7. The maximum absolute atomic E-state index is 12.9. The van der Waals surface area contributed by atoms with Crippen LogP contribution in [0.5, 0.6) is 11.5 Å². The Hall–Kier alpha value is -2.66. The minimum Gasteiger partial charge on any atom is -0.457 e. The standard InChI is InChI=1S/C16H14FN2O6S/c17-11-1-3-12(4-2-11)25-13-5-7-14(8-6-13)26(23,24)18-19(22)15(20)9-10-16(19)21/h1-8,18,22H,9-10H2/q+1. The van der Waals surface area contributed by atoms with Crippen molar-refractivity contribution in [1.29, 1.82) is 0 Å². The molecule has 1 aliphatic heterocycles. The second-order valence-corrected chi connectivity index (χ2v) is 7.21. The highest BCUT2D eigenvalue weighted by molar-refractivity contribution is 7.89. The van der Waals surface area contributed by atoms with Crippen LogP contribution in [0, 0.1) is 5.82 Å². The van der Waals surface area contributed by atoms with Gasteiger partial charge in [0.05, 0.1) is 17.7 Å². The van der Waals surface area contributed by atoms with Crippen LogP contribution >= 0.6 is 0 Å². The van der Waals surface area contributed by atoms with Crippen LogP contribution in [0.4, 0.5) is 4.39 Å². The van der Waals surface area contributed by atoms with E-state index in [-0.39, 0.29) is 23.5 Å². The van der Waals surface area contributed by atoms with E-state index < -0.39 is 32.4 Å². The Bertz CT molecular complexity index is 941. The number of nitrogens with zero attached hydrogens (tertiary/aromatic N) is 1. The summed E-state index contributed by atoms with van der Waals surface area (Å²) in [7, 11) is -4.34. The number of rotatable bonds is 5. The van der Waals surface area contributed by atoms with Gasteiger partial charge < -0.3 is 4.74 Å². The van der Waals surface area contributed by atoms with Crippen molar-refractivity contribution in [2.45, 2.75) is 17.7 Å². The van der Waals surface area contributed by atoms with E-state index >= 15 is 0 Å². The normalized spacial score (nSPS) is 16.7.